The van der Waals surface area contributed by atoms with Gasteiger partial charge in [0.15, 0.2) is 0 Å². The summed E-state index contributed by atoms with van der Waals surface area (Å²) < 4.78 is 22.5. The van der Waals surface area contributed by atoms with Crippen LogP contribution in [0.5, 0.6) is 11.5 Å². The SMILES string of the molecule is COc1ccc(C(=O)OCC2NC3C4C=CC(C4)(O2)C3C2CN=CS2)c(OC)c1. The summed E-state index contributed by atoms with van der Waals surface area (Å²) in [6, 6.07) is 5.35. The molecule has 1 aromatic carbocycles. The lowest BCUT2D eigenvalue weighted by atomic mass is 9.81. The van der Waals surface area contributed by atoms with Crippen LogP contribution in [0, 0.1) is 11.8 Å². The predicted molar refractivity (Wildman–Crippen MR) is 110 cm³/mol. The molecule has 5 rings (SSSR count). The Bertz CT molecular complexity index is 867. The Morgan fingerprint density at radius 3 is 3.00 bits per heavy atom. The fourth-order valence-corrected chi connectivity index (χ4v) is 6.17. The molecule has 3 bridgehead atoms. The second-order valence-electron chi connectivity index (χ2n) is 7.82. The standard InChI is InChI=1S/C21H24N2O5S/c1-25-13-3-4-14(15(7-13)26-2)20(24)27-10-17-23-19-12-5-6-21(8-12,28-17)18(19)16-9-22-11-29-16/h3-7,11-12,16-19,23H,8-10H2,1-2H3. The zero-order valence-electron chi connectivity index (χ0n) is 16.4. The highest BCUT2D eigenvalue weighted by Gasteiger charge is 2.62. The second kappa shape index (κ2) is 7.34. The quantitative estimate of drug-likeness (QED) is 0.563. The fourth-order valence-electron chi connectivity index (χ4n) is 5.10. The Kier molecular flexibility index (Phi) is 4.80. The molecule has 0 radical (unpaired) electrons. The van der Waals surface area contributed by atoms with Crippen LogP contribution >= 0.6 is 11.8 Å². The highest BCUT2D eigenvalue weighted by Crippen LogP contribution is 2.55. The Labute approximate surface area is 173 Å². The largest absolute Gasteiger partial charge is 0.497 e. The number of carbonyl (C=O) groups is 1. The molecule has 4 aliphatic rings. The molecule has 2 heterocycles. The maximum absolute atomic E-state index is 12.6. The lowest BCUT2D eigenvalue weighted by Crippen LogP contribution is -2.62. The highest BCUT2D eigenvalue weighted by atomic mass is 32.2. The van der Waals surface area contributed by atoms with Gasteiger partial charge in [0, 0.05) is 23.3 Å². The average molecular weight is 416 g/mol. The number of rotatable bonds is 6. The van der Waals surface area contributed by atoms with Gasteiger partial charge in [0.2, 0.25) is 0 Å². The molecule has 29 heavy (non-hydrogen) atoms. The van der Waals surface area contributed by atoms with Crippen LogP contribution < -0.4 is 14.8 Å². The minimum atomic E-state index is -0.442. The van der Waals surface area contributed by atoms with Crippen molar-refractivity contribution in [2.75, 3.05) is 27.4 Å². The van der Waals surface area contributed by atoms with E-state index in [4.69, 9.17) is 18.9 Å². The van der Waals surface area contributed by atoms with E-state index in [1.807, 2.05) is 5.55 Å². The number of aliphatic imine (C=N–C) groups is 1. The van der Waals surface area contributed by atoms with E-state index in [0.717, 1.165) is 13.0 Å². The smallest absolute Gasteiger partial charge is 0.342 e. The van der Waals surface area contributed by atoms with Gasteiger partial charge in [-0.25, -0.2) is 4.79 Å². The van der Waals surface area contributed by atoms with E-state index < -0.39 is 5.97 Å². The first-order valence-electron chi connectivity index (χ1n) is 9.80. The molecule has 2 aliphatic heterocycles. The molecule has 7 nitrogen and oxygen atoms in total. The van der Waals surface area contributed by atoms with Gasteiger partial charge in [0.25, 0.3) is 0 Å². The summed E-state index contributed by atoms with van der Waals surface area (Å²) >= 11 is 1.80. The monoisotopic (exact) mass is 416 g/mol. The fraction of sp³-hybridized carbons (Fsp3) is 0.524. The summed E-state index contributed by atoms with van der Waals surface area (Å²) in [7, 11) is 3.08. The lowest BCUT2D eigenvalue weighted by Gasteiger charge is -2.47. The van der Waals surface area contributed by atoms with Crippen molar-refractivity contribution in [3.05, 3.63) is 35.9 Å². The van der Waals surface area contributed by atoms with Gasteiger partial charge in [0.05, 0.1) is 31.9 Å². The molecular formula is C21H24N2O5S. The van der Waals surface area contributed by atoms with Gasteiger partial charge in [0.1, 0.15) is 29.9 Å². The van der Waals surface area contributed by atoms with Gasteiger partial charge in [-0.05, 0) is 24.5 Å². The first-order valence-corrected chi connectivity index (χ1v) is 10.7. The molecular weight excluding hydrogens is 392 g/mol. The molecule has 6 atom stereocenters. The molecule has 2 fully saturated rings. The van der Waals surface area contributed by atoms with Crippen molar-refractivity contribution in [3.8, 4) is 11.5 Å². The number of benzene rings is 1. The predicted octanol–water partition coefficient (Wildman–Crippen LogP) is 2.26. The minimum Gasteiger partial charge on any atom is -0.497 e. The van der Waals surface area contributed by atoms with Crippen molar-refractivity contribution in [1.82, 2.24) is 5.32 Å². The molecule has 154 valence electrons. The van der Waals surface area contributed by atoms with Gasteiger partial charge in [-0.2, -0.15) is 0 Å². The molecule has 8 heteroatoms. The van der Waals surface area contributed by atoms with Crippen LogP contribution in [0.3, 0.4) is 0 Å². The number of fused-ring (bicyclic) bond motifs is 3. The summed E-state index contributed by atoms with van der Waals surface area (Å²) in [6.07, 6.45) is 5.15. The lowest BCUT2D eigenvalue weighted by molar-refractivity contribution is -0.147. The number of ether oxygens (including phenoxy) is 4. The van der Waals surface area contributed by atoms with Gasteiger partial charge >= 0.3 is 5.97 Å². The first kappa shape index (κ1) is 19.0. The number of nitrogens with one attached hydrogen (secondary N) is 1. The van der Waals surface area contributed by atoms with Gasteiger partial charge in [-0.1, -0.05) is 12.2 Å². The number of thioether (sulfide) groups is 1. The van der Waals surface area contributed by atoms with Crippen molar-refractivity contribution in [3.63, 3.8) is 0 Å². The summed E-state index contributed by atoms with van der Waals surface area (Å²) in [5.41, 5.74) is 2.04. The normalized spacial score (nSPS) is 36.4. The first-order chi connectivity index (χ1) is 14.1. The van der Waals surface area contributed by atoms with Crippen molar-refractivity contribution in [2.45, 2.75) is 29.5 Å². The Hall–Kier alpha value is -2.03. The molecule has 0 aromatic heterocycles. The zero-order chi connectivity index (χ0) is 20.0. The van der Waals surface area contributed by atoms with E-state index in [2.05, 4.69) is 22.5 Å². The Morgan fingerprint density at radius 1 is 1.38 bits per heavy atom. The molecule has 1 saturated carbocycles. The summed E-state index contributed by atoms with van der Waals surface area (Å²) in [6.45, 7) is 0.990. The third-order valence-electron chi connectivity index (χ3n) is 6.32. The third-order valence-corrected chi connectivity index (χ3v) is 7.39. The van der Waals surface area contributed by atoms with Crippen LogP contribution in [0.25, 0.3) is 0 Å². The summed E-state index contributed by atoms with van der Waals surface area (Å²) in [5.74, 6) is 1.45. The summed E-state index contributed by atoms with van der Waals surface area (Å²) in [4.78, 5) is 17.0. The second-order valence-corrected chi connectivity index (χ2v) is 8.91. The summed E-state index contributed by atoms with van der Waals surface area (Å²) in [5, 5.41) is 4.02. The number of hydrogen-bond donors (Lipinski definition) is 1. The number of esters is 1. The molecule has 1 aromatic rings. The van der Waals surface area contributed by atoms with Crippen LogP contribution in [-0.4, -0.2) is 62.0 Å². The van der Waals surface area contributed by atoms with E-state index in [1.54, 1.807) is 37.1 Å². The van der Waals surface area contributed by atoms with Crippen LogP contribution in [-0.2, 0) is 9.47 Å². The average Bonchev–Trinajstić information content (AvgIpc) is 3.44. The maximum atomic E-state index is 12.6. The van der Waals surface area contributed by atoms with Gasteiger partial charge < -0.3 is 18.9 Å². The van der Waals surface area contributed by atoms with Crippen LogP contribution in [0.4, 0.5) is 0 Å². The number of nitrogens with zero attached hydrogens (tertiary/aromatic N) is 1. The number of carbonyl (C=O) groups excluding carboxylic acids is 1. The molecule has 1 N–H and O–H groups in total. The van der Waals surface area contributed by atoms with E-state index in [-0.39, 0.29) is 18.4 Å². The van der Waals surface area contributed by atoms with Crippen molar-refractivity contribution >= 4 is 23.3 Å². The van der Waals surface area contributed by atoms with E-state index in [1.165, 1.54) is 7.11 Å². The van der Waals surface area contributed by atoms with Gasteiger partial charge in [-0.3, -0.25) is 10.3 Å². The van der Waals surface area contributed by atoms with E-state index in [9.17, 15) is 4.79 Å². The Morgan fingerprint density at radius 2 is 2.28 bits per heavy atom. The number of hydrogen-bond acceptors (Lipinski definition) is 8. The molecule has 1 saturated heterocycles. The molecule has 2 aliphatic carbocycles. The van der Waals surface area contributed by atoms with Crippen LogP contribution in [0.1, 0.15) is 16.8 Å². The molecule has 1 spiro atoms. The molecule has 0 amide bonds. The van der Waals surface area contributed by atoms with Crippen molar-refractivity contribution in [2.24, 2.45) is 16.8 Å². The van der Waals surface area contributed by atoms with Crippen LogP contribution in [0.2, 0.25) is 0 Å². The van der Waals surface area contributed by atoms with Crippen molar-refractivity contribution in [1.29, 1.82) is 0 Å². The third kappa shape index (κ3) is 3.14. The topological polar surface area (TPSA) is 78.4 Å². The minimum absolute atomic E-state index is 0.147. The Balaban J connectivity index is 1.25. The highest BCUT2D eigenvalue weighted by molar-refractivity contribution is 8.12. The zero-order valence-corrected chi connectivity index (χ0v) is 17.2. The van der Waals surface area contributed by atoms with Gasteiger partial charge in [-0.15, -0.1) is 11.8 Å². The maximum Gasteiger partial charge on any atom is 0.342 e. The van der Waals surface area contributed by atoms with E-state index in [0.29, 0.717) is 40.2 Å². The van der Waals surface area contributed by atoms with E-state index >= 15 is 0 Å². The van der Waals surface area contributed by atoms with Crippen LogP contribution in [0.15, 0.2) is 35.3 Å². The molecule has 6 unspecified atom stereocenters. The van der Waals surface area contributed by atoms with Crippen molar-refractivity contribution < 1.29 is 23.7 Å². The number of methoxy groups -OCH3 is 2.